The summed E-state index contributed by atoms with van der Waals surface area (Å²) < 4.78 is 30.7. The lowest BCUT2D eigenvalue weighted by atomic mass is 9.65. The van der Waals surface area contributed by atoms with E-state index in [9.17, 15) is 19.2 Å². The third kappa shape index (κ3) is 8.63. The molecule has 5 aromatic rings. The van der Waals surface area contributed by atoms with Gasteiger partial charge in [0, 0.05) is 72.6 Å². The van der Waals surface area contributed by atoms with Crippen LogP contribution in [0.3, 0.4) is 0 Å². The maximum absolute atomic E-state index is 15.4. The maximum Gasteiger partial charge on any atom is 0.264 e. The average Bonchev–Trinajstić information content (AvgIpc) is 3.40. The molecule has 5 unspecified atom stereocenters. The van der Waals surface area contributed by atoms with E-state index in [1.54, 1.807) is 66.4 Å². The van der Waals surface area contributed by atoms with Crippen LogP contribution in [0.15, 0.2) is 126 Å². The van der Waals surface area contributed by atoms with E-state index in [4.69, 9.17) is 43.2 Å². The highest BCUT2D eigenvalue weighted by molar-refractivity contribution is 6.34. The summed E-state index contributed by atoms with van der Waals surface area (Å²) in [5.41, 5.74) is 1.23. The van der Waals surface area contributed by atoms with Crippen molar-refractivity contribution in [2.45, 2.75) is 95.3 Å². The number of hydrogen-bond donors (Lipinski definition) is 0. The fourth-order valence-electron chi connectivity index (χ4n) is 11.6. The Kier molecular flexibility index (Phi) is 13.5. The van der Waals surface area contributed by atoms with Crippen molar-refractivity contribution in [2.24, 2.45) is 15.9 Å². The molecule has 74 heavy (non-hydrogen) atoms. The molecule has 380 valence electrons. The fourth-order valence-corrected chi connectivity index (χ4v) is 12.1. The first-order chi connectivity index (χ1) is 35.4. The van der Waals surface area contributed by atoms with E-state index in [2.05, 4.69) is 6.58 Å². The van der Waals surface area contributed by atoms with Gasteiger partial charge in [0.05, 0.1) is 38.2 Å². The zero-order chi connectivity index (χ0) is 52.4. The topological polar surface area (TPSA) is 132 Å². The molecular formula is C58H56Cl2F2N8O4. The molecule has 16 heteroatoms. The van der Waals surface area contributed by atoms with Crippen molar-refractivity contribution in [3.63, 3.8) is 0 Å². The minimum absolute atomic E-state index is 0.0422. The summed E-state index contributed by atoms with van der Waals surface area (Å²) in [5, 5.41) is 0.430. The number of pyridine rings is 2. The number of amides is 4. The van der Waals surface area contributed by atoms with Crippen LogP contribution in [0.4, 0.5) is 8.78 Å². The van der Waals surface area contributed by atoms with Gasteiger partial charge in [0.1, 0.15) is 28.7 Å². The number of carbonyl (C=O) groups is 4. The predicted molar refractivity (Wildman–Crippen MR) is 283 cm³/mol. The van der Waals surface area contributed by atoms with Gasteiger partial charge in [-0.3, -0.25) is 19.2 Å². The third-order valence-electron chi connectivity index (χ3n) is 15.9. The Labute approximate surface area is 439 Å². The number of halogens is 4. The van der Waals surface area contributed by atoms with Crippen molar-refractivity contribution < 1.29 is 28.0 Å². The van der Waals surface area contributed by atoms with Gasteiger partial charge in [-0.25, -0.2) is 18.7 Å². The number of carbonyl (C=O) groups excluding carboxylic acids is 4. The van der Waals surface area contributed by atoms with Gasteiger partial charge in [0.2, 0.25) is 11.8 Å². The van der Waals surface area contributed by atoms with Crippen molar-refractivity contribution >= 4 is 58.5 Å². The summed E-state index contributed by atoms with van der Waals surface area (Å²) in [7, 11) is 0. The first-order valence-corrected chi connectivity index (χ1v) is 25.9. The minimum atomic E-state index is -1.30. The van der Waals surface area contributed by atoms with Crippen molar-refractivity contribution in [3.8, 4) is 22.5 Å². The lowest BCUT2D eigenvalue weighted by Crippen LogP contribution is -2.60. The Hall–Kier alpha value is -6.90. The number of piperazine rings is 2. The molecule has 1 saturated carbocycles. The number of nitrogens with zero attached hydrogens (tertiary/aromatic N) is 8. The molecule has 5 aliphatic rings. The van der Waals surface area contributed by atoms with Crippen LogP contribution in [-0.2, 0) is 30.0 Å². The van der Waals surface area contributed by atoms with Crippen molar-refractivity contribution in [1.29, 1.82) is 0 Å². The van der Waals surface area contributed by atoms with Crippen LogP contribution in [0.1, 0.15) is 88.4 Å². The Morgan fingerprint density at radius 2 is 1.11 bits per heavy atom. The quantitative estimate of drug-likeness (QED) is 0.154. The molecule has 0 N–H and O–H groups in total. The molecular weight excluding hydrogens is 982 g/mol. The van der Waals surface area contributed by atoms with Gasteiger partial charge >= 0.3 is 0 Å². The van der Waals surface area contributed by atoms with Gasteiger partial charge in [-0.2, -0.15) is 9.98 Å². The molecule has 0 radical (unpaired) electrons. The van der Waals surface area contributed by atoms with E-state index in [0.29, 0.717) is 91.6 Å². The van der Waals surface area contributed by atoms with E-state index in [-0.39, 0.29) is 80.4 Å². The van der Waals surface area contributed by atoms with Gasteiger partial charge in [0.25, 0.3) is 11.8 Å². The van der Waals surface area contributed by atoms with Gasteiger partial charge in [-0.05, 0) is 120 Å². The summed E-state index contributed by atoms with van der Waals surface area (Å²) in [6.45, 7) is 14.8. The second-order valence-electron chi connectivity index (χ2n) is 20.5. The van der Waals surface area contributed by atoms with Crippen LogP contribution in [0.25, 0.3) is 22.5 Å². The lowest BCUT2D eigenvalue weighted by molar-refractivity contribution is -0.131. The molecule has 3 fully saturated rings. The van der Waals surface area contributed by atoms with Crippen molar-refractivity contribution in [1.82, 2.24) is 29.6 Å². The molecule has 1 spiro atoms. The predicted octanol–water partition coefficient (Wildman–Crippen LogP) is 9.99. The Morgan fingerprint density at radius 3 is 1.64 bits per heavy atom. The normalized spacial score (nSPS) is 25.9. The second-order valence-corrected chi connectivity index (χ2v) is 21.3. The molecule has 10 rings (SSSR count). The van der Waals surface area contributed by atoms with Gasteiger partial charge in [0.15, 0.2) is 0 Å². The number of fused-ring (bicyclic) bond motifs is 3. The average molecular weight is 1040 g/mol. The zero-order valence-corrected chi connectivity index (χ0v) is 43.4. The SMILES string of the molecule is C=CC(=O)N1CC(C)N(C2=NC(=O)C3(CCC(/C=C\C(=O)N4CC(C)N(C5=NC(=O)C(C)(c6ccccc6)c6nc(-c7ccccc7F)c(Cl)cc65)CC4C)CC3)c3nc(-c4ccccc4F)c(Cl)cc32)CC1C. The number of aliphatic imine (C=N–C) groups is 2. The molecule has 5 atom stereocenters. The first-order valence-electron chi connectivity index (χ1n) is 25.1. The summed E-state index contributed by atoms with van der Waals surface area (Å²) >= 11 is 13.9. The van der Waals surface area contributed by atoms with E-state index >= 15 is 8.78 Å². The van der Waals surface area contributed by atoms with Crippen molar-refractivity contribution in [2.75, 3.05) is 26.2 Å². The number of hydrogen-bond acceptors (Lipinski definition) is 8. The second kappa shape index (κ2) is 19.7. The molecule has 2 saturated heterocycles. The van der Waals surface area contributed by atoms with Crippen LogP contribution < -0.4 is 0 Å². The largest absolute Gasteiger partial charge is 0.349 e. The number of aromatic nitrogens is 2. The minimum Gasteiger partial charge on any atom is -0.349 e. The highest BCUT2D eigenvalue weighted by Gasteiger charge is 2.51. The zero-order valence-electron chi connectivity index (χ0n) is 41.9. The van der Waals surface area contributed by atoms with Gasteiger partial charge in [-0.1, -0.05) is 90.5 Å². The molecule has 4 amide bonds. The molecule has 0 bridgehead atoms. The van der Waals surface area contributed by atoms with Crippen LogP contribution in [0, 0.1) is 17.6 Å². The maximum atomic E-state index is 15.4. The van der Waals surface area contributed by atoms with Crippen LogP contribution in [0.2, 0.25) is 10.0 Å². The van der Waals surface area contributed by atoms with Crippen molar-refractivity contribution in [3.05, 3.63) is 166 Å². The number of benzene rings is 3. The van der Waals surface area contributed by atoms with Crippen LogP contribution in [-0.4, -0.2) is 115 Å². The van der Waals surface area contributed by atoms with Gasteiger partial charge in [-0.15, -0.1) is 0 Å². The van der Waals surface area contributed by atoms with Gasteiger partial charge < -0.3 is 19.6 Å². The lowest BCUT2D eigenvalue weighted by Gasteiger charge is -2.47. The Bertz CT molecular complexity index is 3230. The Morgan fingerprint density at radius 1 is 0.635 bits per heavy atom. The molecule has 3 aromatic carbocycles. The van der Waals surface area contributed by atoms with E-state index in [1.165, 1.54) is 18.2 Å². The standard InChI is InChI=1S/C58H56Cl2F2N8O4/c1-7-47(71)67-29-35(4)70(31-33(67)2)54-42-28-44(60)50(40-18-12-14-20-46(40)62)64-52(42)58(56(74)66-54)25-23-37(24-26-58)21-22-48(72)68-30-36(5)69(32-34(68)3)53-41-27-43(59)49(39-17-11-13-19-45(39)61)63-51(41)57(6,55(73)65-53)38-15-9-8-10-16-38/h7-22,27-28,33-37H,1,23-26,29-32H2,2-6H3/b22-21-. The van der Waals surface area contributed by atoms with E-state index in [0.717, 1.165) is 0 Å². The monoisotopic (exact) mass is 1040 g/mol. The fraction of sp³-hybridized carbons (Fsp3) is 0.345. The summed E-state index contributed by atoms with van der Waals surface area (Å²) in [4.78, 5) is 83.3. The summed E-state index contributed by atoms with van der Waals surface area (Å²) in [5.74, 6) is -1.30. The molecule has 12 nitrogen and oxygen atoms in total. The van der Waals surface area contributed by atoms with E-state index in [1.807, 2.05) is 78.8 Å². The van der Waals surface area contributed by atoms with Crippen LogP contribution >= 0.6 is 23.2 Å². The molecule has 2 aromatic heterocycles. The highest BCUT2D eigenvalue weighted by Crippen LogP contribution is 2.48. The summed E-state index contributed by atoms with van der Waals surface area (Å²) in [6, 6.07) is 24.3. The number of rotatable bonds is 6. The molecule has 6 heterocycles. The number of amidine groups is 2. The summed E-state index contributed by atoms with van der Waals surface area (Å²) in [6.07, 6.45) is 6.74. The molecule has 1 aliphatic carbocycles. The van der Waals surface area contributed by atoms with Crippen LogP contribution in [0.5, 0.6) is 0 Å². The smallest absolute Gasteiger partial charge is 0.264 e. The highest BCUT2D eigenvalue weighted by atomic mass is 35.5. The van der Waals surface area contributed by atoms with E-state index < -0.39 is 28.4 Å². The Balaban J connectivity index is 0.886. The first kappa shape index (κ1) is 50.6. The molecule has 4 aliphatic heterocycles. The number of allylic oxidation sites excluding steroid dienone is 1. The third-order valence-corrected chi connectivity index (χ3v) is 16.4.